The normalized spacial score (nSPS) is 10.5. The van der Waals surface area contributed by atoms with Crippen molar-refractivity contribution in [2.45, 2.75) is 13.5 Å². The van der Waals surface area contributed by atoms with Crippen LogP contribution < -0.4 is 0 Å². The lowest BCUT2D eigenvalue weighted by molar-refractivity contribution is -0.385. The molecule has 1 aromatic carbocycles. The standard InChI is InChI=1S/C9H8FN5O2/c1-6-11-12-13-14(6)5-7-2-3-8(15(16)17)4-9(7)10/h2-4H,5H2,1H3. The van der Waals surface area contributed by atoms with Gasteiger partial charge in [0.05, 0.1) is 17.5 Å². The van der Waals surface area contributed by atoms with Gasteiger partial charge in [0.2, 0.25) is 0 Å². The molecular weight excluding hydrogens is 229 g/mol. The van der Waals surface area contributed by atoms with Crippen molar-refractivity contribution >= 4 is 5.69 Å². The number of rotatable bonds is 3. The number of tetrazole rings is 1. The summed E-state index contributed by atoms with van der Waals surface area (Å²) in [5.74, 6) is -0.100. The monoisotopic (exact) mass is 237 g/mol. The van der Waals surface area contributed by atoms with E-state index in [1.807, 2.05) is 0 Å². The van der Waals surface area contributed by atoms with Gasteiger partial charge in [0.1, 0.15) is 11.6 Å². The zero-order valence-electron chi connectivity index (χ0n) is 8.87. The molecule has 1 heterocycles. The summed E-state index contributed by atoms with van der Waals surface area (Å²) in [7, 11) is 0. The molecule has 88 valence electrons. The molecule has 1 aromatic heterocycles. The second-order valence-electron chi connectivity index (χ2n) is 3.42. The van der Waals surface area contributed by atoms with E-state index in [0.29, 0.717) is 11.4 Å². The average molecular weight is 237 g/mol. The lowest BCUT2D eigenvalue weighted by Gasteiger charge is -2.03. The molecule has 0 N–H and O–H groups in total. The maximum atomic E-state index is 13.5. The van der Waals surface area contributed by atoms with E-state index in [9.17, 15) is 14.5 Å². The van der Waals surface area contributed by atoms with Gasteiger partial charge in [0, 0.05) is 11.6 Å². The number of nitro groups is 1. The third kappa shape index (κ3) is 2.25. The molecule has 0 aliphatic rings. The predicted octanol–water partition coefficient (Wildman–Crippen LogP) is 1.08. The summed E-state index contributed by atoms with van der Waals surface area (Å²) in [5, 5.41) is 21.2. The van der Waals surface area contributed by atoms with E-state index in [1.54, 1.807) is 6.92 Å². The van der Waals surface area contributed by atoms with Crippen molar-refractivity contribution < 1.29 is 9.31 Å². The lowest BCUT2D eigenvalue weighted by atomic mass is 10.2. The third-order valence-corrected chi connectivity index (χ3v) is 2.28. The first-order valence-electron chi connectivity index (χ1n) is 4.73. The topological polar surface area (TPSA) is 86.7 Å². The third-order valence-electron chi connectivity index (χ3n) is 2.28. The summed E-state index contributed by atoms with van der Waals surface area (Å²) in [6.07, 6.45) is 0. The molecule has 0 fully saturated rings. The fraction of sp³-hybridized carbons (Fsp3) is 0.222. The average Bonchev–Trinajstić information content (AvgIpc) is 2.67. The van der Waals surface area contributed by atoms with Gasteiger partial charge < -0.3 is 0 Å². The minimum Gasteiger partial charge on any atom is -0.258 e. The largest absolute Gasteiger partial charge is 0.272 e. The Hall–Kier alpha value is -2.38. The molecule has 0 saturated heterocycles. The highest BCUT2D eigenvalue weighted by Crippen LogP contribution is 2.17. The highest BCUT2D eigenvalue weighted by Gasteiger charge is 2.12. The predicted molar refractivity (Wildman–Crippen MR) is 54.7 cm³/mol. The van der Waals surface area contributed by atoms with Crippen LogP contribution in [0.25, 0.3) is 0 Å². The number of nitrogens with zero attached hydrogens (tertiary/aromatic N) is 5. The summed E-state index contributed by atoms with van der Waals surface area (Å²) < 4.78 is 15.0. The van der Waals surface area contributed by atoms with Gasteiger partial charge in [-0.1, -0.05) is 0 Å². The van der Waals surface area contributed by atoms with Gasteiger partial charge in [-0.05, 0) is 23.4 Å². The first kappa shape index (κ1) is 11.1. The number of nitro benzene ring substituents is 1. The zero-order valence-corrected chi connectivity index (χ0v) is 8.87. The maximum absolute atomic E-state index is 13.5. The van der Waals surface area contributed by atoms with Crippen LogP contribution in [0, 0.1) is 22.9 Å². The van der Waals surface area contributed by atoms with E-state index < -0.39 is 10.7 Å². The van der Waals surface area contributed by atoms with Crippen LogP contribution in [0.3, 0.4) is 0 Å². The fourth-order valence-corrected chi connectivity index (χ4v) is 1.33. The van der Waals surface area contributed by atoms with Crippen molar-refractivity contribution in [1.82, 2.24) is 20.2 Å². The van der Waals surface area contributed by atoms with Crippen LogP contribution in [0.4, 0.5) is 10.1 Å². The van der Waals surface area contributed by atoms with Crippen LogP contribution >= 0.6 is 0 Å². The van der Waals surface area contributed by atoms with Gasteiger partial charge in [-0.15, -0.1) is 5.10 Å². The van der Waals surface area contributed by atoms with Gasteiger partial charge in [0.15, 0.2) is 0 Å². The number of hydrogen-bond donors (Lipinski definition) is 0. The highest BCUT2D eigenvalue weighted by atomic mass is 19.1. The molecule has 0 amide bonds. The summed E-state index contributed by atoms with van der Waals surface area (Å²) in [6, 6.07) is 3.49. The number of hydrogen-bond acceptors (Lipinski definition) is 5. The quantitative estimate of drug-likeness (QED) is 0.588. The SMILES string of the molecule is Cc1nnnn1Cc1ccc([N+](=O)[O-])cc1F. The van der Waals surface area contributed by atoms with Crippen LogP contribution in [-0.2, 0) is 6.54 Å². The van der Waals surface area contributed by atoms with Crippen LogP contribution in [-0.4, -0.2) is 25.1 Å². The molecule has 0 spiro atoms. The van der Waals surface area contributed by atoms with Crippen molar-refractivity contribution in [2.24, 2.45) is 0 Å². The Morgan fingerprint density at radius 3 is 2.82 bits per heavy atom. The molecule has 0 unspecified atom stereocenters. The second kappa shape index (κ2) is 4.24. The lowest BCUT2D eigenvalue weighted by Crippen LogP contribution is -2.06. The van der Waals surface area contributed by atoms with Crippen LogP contribution in [0.1, 0.15) is 11.4 Å². The molecule has 0 aliphatic heterocycles. The number of halogens is 1. The minimum atomic E-state index is -0.644. The van der Waals surface area contributed by atoms with Gasteiger partial charge >= 0.3 is 0 Å². The molecule has 0 bridgehead atoms. The summed E-state index contributed by atoms with van der Waals surface area (Å²) in [6.45, 7) is 1.83. The molecule has 7 nitrogen and oxygen atoms in total. The van der Waals surface area contributed by atoms with Crippen LogP contribution in [0.2, 0.25) is 0 Å². The molecular formula is C9H8FN5O2. The van der Waals surface area contributed by atoms with Crippen molar-refractivity contribution in [1.29, 1.82) is 0 Å². The Morgan fingerprint density at radius 2 is 2.29 bits per heavy atom. The van der Waals surface area contributed by atoms with Crippen molar-refractivity contribution in [3.63, 3.8) is 0 Å². The molecule has 0 radical (unpaired) electrons. The van der Waals surface area contributed by atoms with Crippen LogP contribution in [0.5, 0.6) is 0 Å². The first-order chi connectivity index (χ1) is 8.08. The Kier molecular flexibility index (Phi) is 2.77. The van der Waals surface area contributed by atoms with Crippen molar-refractivity contribution in [3.05, 3.63) is 45.5 Å². The van der Waals surface area contributed by atoms with E-state index in [0.717, 1.165) is 6.07 Å². The molecule has 8 heteroatoms. The summed E-state index contributed by atoms with van der Waals surface area (Å²) >= 11 is 0. The first-order valence-corrected chi connectivity index (χ1v) is 4.73. The summed E-state index contributed by atoms with van der Waals surface area (Å²) in [4.78, 5) is 9.79. The van der Waals surface area contributed by atoms with E-state index in [-0.39, 0.29) is 12.2 Å². The van der Waals surface area contributed by atoms with Crippen molar-refractivity contribution in [2.75, 3.05) is 0 Å². The van der Waals surface area contributed by atoms with E-state index >= 15 is 0 Å². The second-order valence-corrected chi connectivity index (χ2v) is 3.42. The van der Waals surface area contributed by atoms with Gasteiger partial charge in [-0.25, -0.2) is 9.07 Å². The Morgan fingerprint density at radius 1 is 1.53 bits per heavy atom. The van der Waals surface area contributed by atoms with E-state index in [4.69, 9.17) is 0 Å². The Bertz CT molecular complexity index is 568. The Labute approximate surface area is 95.0 Å². The fourth-order valence-electron chi connectivity index (χ4n) is 1.33. The van der Waals surface area contributed by atoms with E-state index in [2.05, 4.69) is 15.5 Å². The number of aromatic nitrogens is 4. The smallest absolute Gasteiger partial charge is 0.258 e. The number of aryl methyl sites for hydroxylation is 1. The van der Waals surface area contributed by atoms with Crippen molar-refractivity contribution in [3.8, 4) is 0 Å². The van der Waals surface area contributed by atoms with Gasteiger partial charge in [-0.2, -0.15) is 0 Å². The molecule has 17 heavy (non-hydrogen) atoms. The summed E-state index contributed by atoms with van der Waals surface area (Å²) in [5.41, 5.74) is 0.0192. The van der Waals surface area contributed by atoms with Crippen LogP contribution in [0.15, 0.2) is 18.2 Å². The number of benzene rings is 1. The molecule has 0 saturated carbocycles. The maximum Gasteiger partial charge on any atom is 0.272 e. The van der Waals surface area contributed by atoms with Gasteiger partial charge in [-0.3, -0.25) is 10.1 Å². The van der Waals surface area contributed by atoms with Gasteiger partial charge in [0.25, 0.3) is 5.69 Å². The molecule has 2 rings (SSSR count). The highest BCUT2D eigenvalue weighted by molar-refractivity contribution is 5.34. The van der Waals surface area contributed by atoms with E-state index in [1.165, 1.54) is 16.8 Å². The number of non-ortho nitro benzene ring substituents is 1. The minimum absolute atomic E-state index is 0.142. The Balaban J connectivity index is 2.29. The molecule has 2 aromatic rings. The zero-order chi connectivity index (χ0) is 12.4. The molecule has 0 atom stereocenters. The molecule has 0 aliphatic carbocycles.